The number of rotatable bonds is 5. The van der Waals surface area contributed by atoms with E-state index in [1.54, 1.807) is 6.07 Å². The molecule has 0 bridgehead atoms. The molecule has 0 aliphatic rings. The maximum absolute atomic E-state index is 12.6. The first-order chi connectivity index (χ1) is 10.7. The summed E-state index contributed by atoms with van der Waals surface area (Å²) in [5.41, 5.74) is 2.83. The van der Waals surface area contributed by atoms with E-state index in [-0.39, 0.29) is 5.41 Å². The van der Waals surface area contributed by atoms with E-state index in [0.717, 1.165) is 16.7 Å². The highest BCUT2D eigenvalue weighted by Crippen LogP contribution is 2.26. The third-order valence-corrected chi connectivity index (χ3v) is 5.50. The maximum Gasteiger partial charge on any atom is 0.240 e. The summed E-state index contributed by atoms with van der Waals surface area (Å²) in [7, 11) is -3.49. The Balaban J connectivity index is 2.16. The second-order valence-electron chi connectivity index (χ2n) is 6.86. The van der Waals surface area contributed by atoms with Crippen LogP contribution in [0.2, 0.25) is 0 Å². The minimum absolute atomic E-state index is 0.0813. The monoisotopic (exact) mass is 331 g/mol. The molecular formula is C19H25NO2S. The lowest BCUT2D eigenvalue weighted by Crippen LogP contribution is -2.27. The molecule has 0 spiro atoms. The summed E-state index contributed by atoms with van der Waals surface area (Å²) < 4.78 is 27.9. The van der Waals surface area contributed by atoms with Crippen molar-refractivity contribution in [1.82, 2.24) is 4.72 Å². The first kappa shape index (κ1) is 17.7. The van der Waals surface area contributed by atoms with E-state index in [9.17, 15) is 8.42 Å². The predicted molar refractivity (Wildman–Crippen MR) is 95.2 cm³/mol. The topological polar surface area (TPSA) is 46.2 Å². The highest BCUT2D eigenvalue weighted by molar-refractivity contribution is 7.89. The van der Waals surface area contributed by atoms with E-state index in [0.29, 0.717) is 17.9 Å². The van der Waals surface area contributed by atoms with Crippen LogP contribution in [-0.4, -0.2) is 15.0 Å². The lowest BCUT2D eigenvalue weighted by atomic mass is 9.87. The Morgan fingerprint density at radius 3 is 2.26 bits per heavy atom. The fraction of sp³-hybridized carbons (Fsp3) is 0.368. The fourth-order valence-corrected chi connectivity index (χ4v) is 3.71. The van der Waals surface area contributed by atoms with Gasteiger partial charge in [-0.3, -0.25) is 0 Å². The Bertz CT molecular complexity index is 760. The summed E-state index contributed by atoms with van der Waals surface area (Å²) in [6.45, 7) is 8.47. The van der Waals surface area contributed by atoms with Crippen LogP contribution < -0.4 is 4.72 Å². The van der Waals surface area contributed by atoms with Crippen LogP contribution in [0.15, 0.2) is 53.4 Å². The summed E-state index contributed by atoms with van der Waals surface area (Å²) >= 11 is 0. The van der Waals surface area contributed by atoms with Crippen LogP contribution in [0.3, 0.4) is 0 Å². The predicted octanol–water partition coefficient (Wildman–Crippen LogP) is 3.81. The first-order valence-corrected chi connectivity index (χ1v) is 9.33. The largest absolute Gasteiger partial charge is 0.240 e. The van der Waals surface area contributed by atoms with Gasteiger partial charge in [-0.1, -0.05) is 63.2 Å². The number of hydrogen-bond donors (Lipinski definition) is 1. The van der Waals surface area contributed by atoms with Crippen molar-refractivity contribution in [3.63, 3.8) is 0 Å². The molecule has 2 aromatic rings. The smallest absolute Gasteiger partial charge is 0.211 e. The minimum atomic E-state index is -3.49. The van der Waals surface area contributed by atoms with Crippen molar-refractivity contribution in [2.45, 2.75) is 44.4 Å². The van der Waals surface area contributed by atoms with Crippen molar-refractivity contribution in [3.05, 3.63) is 65.2 Å². The Labute approximate surface area is 139 Å². The van der Waals surface area contributed by atoms with Gasteiger partial charge in [0.05, 0.1) is 4.90 Å². The molecule has 0 saturated heterocycles. The van der Waals surface area contributed by atoms with E-state index in [1.807, 2.05) is 49.4 Å². The normalized spacial score (nSPS) is 12.3. The van der Waals surface area contributed by atoms with Gasteiger partial charge in [-0.05, 0) is 41.5 Å². The second-order valence-corrected chi connectivity index (χ2v) is 8.60. The summed E-state index contributed by atoms with van der Waals surface area (Å²) in [6, 6.07) is 15.5. The second kappa shape index (κ2) is 6.85. The zero-order valence-corrected chi connectivity index (χ0v) is 15.1. The van der Waals surface area contributed by atoms with Gasteiger partial charge in [0.15, 0.2) is 0 Å². The third-order valence-electron chi connectivity index (χ3n) is 3.89. The van der Waals surface area contributed by atoms with Crippen molar-refractivity contribution in [1.29, 1.82) is 0 Å². The quantitative estimate of drug-likeness (QED) is 0.905. The molecule has 0 heterocycles. The van der Waals surface area contributed by atoms with E-state index in [1.165, 1.54) is 0 Å². The number of sulfonamides is 1. The molecule has 0 aliphatic heterocycles. The number of aryl methyl sites for hydroxylation is 1. The van der Waals surface area contributed by atoms with Crippen LogP contribution in [0.25, 0.3) is 0 Å². The molecule has 0 saturated carbocycles. The average Bonchev–Trinajstić information content (AvgIpc) is 2.47. The Hall–Kier alpha value is -1.65. The molecule has 0 amide bonds. The van der Waals surface area contributed by atoms with Crippen LogP contribution in [-0.2, 0) is 21.9 Å². The van der Waals surface area contributed by atoms with Gasteiger partial charge in [-0.2, -0.15) is 0 Å². The van der Waals surface area contributed by atoms with Crippen molar-refractivity contribution >= 4 is 10.0 Å². The lowest BCUT2D eigenvalue weighted by Gasteiger charge is -2.21. The van der Waals surface area contributed by atoms with Gasteiger partial charge in [0.1, 0.15) is 0 Å². The molecule has 0 fully saturated rings. The molecule has 0 aliphatic carbocycles. The number of benzene rings is 2. The van der Waals surface area contributed by atoms with Gasteiger partial charge in [0, 0.05) is 6.54 Å². The molecular weight excluding hydrogens is 306 g/mol. The molecule has 124 valence electrons. The zero-order valence-electron chi connectivity index (χ0n) is 14.3. The van der Waals surface area contributed by atoms with E-state index in [2.05, 4.69) is 25.5 Å². The van der Waals surface area contributed by atoms with Gasteiger partial charge >= 0.3 is 0 Å². The Kier molecular flexibility index (Phi) is 5.27. The van der Waals surface area contributed by atoms with Crippen LogP contribution in [0.1, 0.15) is 37.5 Å². The Morgan fingerprint density at radius 2 is 1.65 bits per heavy atom. The Morgan fingerprint density at radius 1 is 1.00 bits per heavy atom. The van der Waals surface area contributed by atoms with Crippen molar-refractivity contribution in [2.75, 3.05) is 6.54 Å². The highest BCUT2D eigenvalue weighted by atomic mass is 32.2. The molecule has 0 unspecified atom stereocenters. The molecule has 2 rings (SSSR count). The third kappa shape index (κ3) is 4.66. The lowest BCUT2D eigenvalue weighted by molar-refractivity contribution is 0.575. The van der Waals surface area contributed by atoms with E-state index < -0.39 is 10.0 Å². The standard InChI is InChI=1S/C19H25NO2S/c1-15-10-11-17(19(2,3)4)14-18(15)23(21,22)20-13-12-16-8-6-5-7-9-16/h5-11,14,20H,12-13H2,1-4H3. The molecule has 4 heteroatoms. The van der Waals surface area contributed by atoms with Crippen molar-refractivity contribution < 1.29 is 8.42 Å². The van der Waals surface area contributed by atoms with E-state index >= 15 is 0 Å². The summed E-state index contributed by atoms with van der Waals surface area (Å²) in [4.78, 5) is 0.373. The van der Waals surface area contributed by atoms with Gasteiger partial charge in [0.25, 0.3) is 0 Å². The highest BCUT2D eigenvalue weighted by Gasteiger charge is 2.21. The summed E-state index contributed by atoms with van der Waals surface area (Å²) in [5.74, 6) is 0. The summed E-state index contributed by atoms with van der Waals surface area (Å²) in [5, 5.41) is 0. The average molecular weight is 331 g/mol. The van der Waals surface area contributed by atoms with Crippen molar-refractivity contribution in [2.24, 2.45) is 0 Å². The minimum Gasteiger partial charge on any atom is -0.211 e. The molecule has 2 aromatic carbocycles. The van der Waals surface area contributed by atoms with Gasteiger partial charge in [0.2, 0.25) is 10.0 Å². The van der Waals surface area contributed by atoms with Gasteiger partial charge in [-0.15, -0.1) is 0 Å². The van der Waals surface area contributed by atoms with Crippen LogP contribution in [0, 0.1) is 6.92 Å². The van der Waals surface area contributed by atoms with Crippen LogP contribution >= 0.6 is 0 Å². The SMILES string of the molecule is Cc1ccc(C(C)(C)C)cc1S(=O)(=O)NCCc1ccccc1. The molecule has 1 N–H and O–H groups in total. The summed E-state index contributed by atoms with van der Waals surface area (Å²) in [6.07, 6.45) is 0.679. The van der Waals surface area contributed by atoms with E-state index in [4.69, 9.17) is 0 Å². The number of nitrogens with one attached hydrogen (secondary N) is 1. The first-order valence-electron chi connectivity index (χ1n) is 7.85. The van der Waals surface area contributed by atoms with Crippen LogP contribution in [0.4, 0.5) is 0 Å². The fourth-order valence-electron chi connectivity index (χ4n) is 2.41. The van der Waals surface area contributed by atoms with Gasteiger partial charge in [-0.25, -0.2) is 13.1 Å². The molecule has 0 atom stereocenters. The molecule has 23 heavy (non-hydrogen) atoms. The number of hydrogen-bond acceptors (Lipinski definition) is 2. The zero-order chi connectivity index (χ0) is 17.1. The van der Waals surface area contributed by atoms with Crippen molar-refractivity contribution in [3.8, 4) is 0 Å². The maximum atomic E-state index is 12.6. The van der Waals surface area contributed by atoms with Gasteiger partial charge < -0.3 is 0 Å². The molecule has 3 nitrogen and oxygen atoms in total. The van der Waals surface area contributed by atoms with Crippen LogP contribution in [0.5, 0.6) is 0 Å². The molecule has 0 aromatic heterocycles. The molecule has 0 radical (unpaired) electrons.